The lowest BCUT2D eigenvalue weighted by molar-refractivity contribution is 0.339. The number of hydrogen-bond donors (Lipinski definition) is 1. The van der Waals surface area contributed by atoms with Gasteiger partial charge in [-0.3, -0.25) is 0 Å². The molecule has 0 bridgehead atoms. The van der Waals surface area contributed by atoms with Crippen molar-refractivity contribution < 1.29 is 4.74 Å². The Labute approximate surface area is 92.4 Å². The summed E-state index contributed by atoms with van der Waals surface area (Å²) in [6.45, 7) is 8.92. The molecule has 1 rings (SSSR count). The number of hydrogen-bond acceptors (Lipinski definition) is 2. The number of ether oxygens (including phenoxy) is 1. The SMILES string of the molecule is CCOc1cccc(C(C)C(C)(C)N)c1. The van der Waals surface area contributed by atoms with E-state index < -0.39 is 0 Å². The van der Waals surface area contributed by atoms with Crippen molar-refractivity contribution in [3.63, 3.8) is 0 Å². The van der Waals surface area contributed by atoms with Gasteiger partial charge in [0.2, 0.25) is 0 Å². The normalized spacial score (nSPS) is 13.7. The van der Waals surface area contributed by atoms with E-state index in [9.17, 15) is 0 Å². The molecule has 1 aromatic carbocycles. The van der Waals surface area contributed by atoms with Gasteiger partial charge in [-0.1, -0.05) is 19.1 Å². The van der Waals surface area contributed by atoms with Crippen LogP contribution in [0.3, 0.4) is 0 Å². The molecule has 2 heteroatoms. The Morgan fingerprint density at radius 2 is 2.07 bits per heavy atom. The topological polar surface area (TPSA) is 35.2 Å². The molecule has 0 aliphatic heterocycles. The largest absolute Gasteiger partial charge is 0.494 e. The van der Waals surface area contributed by atoms with Gasteiger partial charge in [0.25, 0.3) is 0 Å². The van der Waals surface area contributed by atoms with E-state index in [1.807, 2.05) is 32.9 Å². The average Bonchev–Trinajstić information content (AvgIpc) is 2.16. The Hall–Kier alpha value is -1.02. The van der Waals surface area contributed by atoms with Gasteiger partial charge in [0.05, 0.1) is 6.61 Å². The van der Waals surface area contributed by atoms with E-state index in [2.05, 4.69) is 19.1 Å². The van der Waals surface area contributed by atoms with Crippen LogP contribution in [0.1, 0.15) is 39.2 Å². The molecule has 15 heavy (non-hydrogen) atoms. The maximum absolute atomic E-state index is 6.09. The summed E-state index contributed by atoms with van der Waals surface area (Å²) in [4.78, 5) is 0. The van der Waals surface area contributed by atoms with Crippen LogP contribution in [0.2, 0.25) is 0 Å². The smallest absolute Gasteiger partial charge is 0.119 e. The number of nitrogens with two attached hydrogens (primary N) is 1. The fourth-order valence-corrected chi connectivity index (χ4v) is 1.47. The minimum absolute atomic E-state index is 0.204. The standard InChI is InChI=1S/C13H21NO/c1-5-15-12-8-6-7-11(9-12)10(2)13(3,4)14/h6-10H,5,14H2,1-4H3. The first-order chi connectivity index (χ1) is 6.95. The van der Waals surface area contributed by atoms with E-state index in [4.69, 9.17) is 10.5 Å². The van der Waals surface area contributed by atoms with Gasteiger partial charge in [0.15, 0.2) is 0 Å². The molecule has 0 aliphatic carbocycles. The molecule has 1 unspecified atom stereocenters. The van der Waals surface area contributed by atoms with Crippen molar-refractivity contribution in [2.45, 2.75) is 39.2 Å². The second-order valence-electron chi connectivity index (χ2n) is 4.55. The Bertz CT molecular complexity index is 315. The zero-order valence-electron chi connectivity index (χ0n) is 10.1. The van der Waals surface area contributed by atoms with E-state index in [1.165, 1.54) is 5.56 Å². The van der Waals surface area contributed by atoms with E-state index in [0.717, 1.165) is 5.75 Å². The fraction of sp³-hybridized carbons (Fsp3) is 0.538. The number of benzene rings is 1. The van der Waals surface area contributed by atoms with Crippen LogP contribution in [0.15, 0.2) is 24.3 Å². The van der Waals surface area contributed by atoms with Crippen LogP contribution in [0, 0.1) is 0 Å². The molecule has 0 saturated carbocycles. The van der Waals surface area contributed by atoms with Crippen molar-refractivity contribution in [1.29, 1.82) is 0 Å². The molecule has 1 aromatic rings. The van der Waals surface area contributed by atoms with Crippen molar-refractivity contribution in [2.75, 3.05) is 6.61 Å². The Kier molecular flexibility index (Phi) is 3.75. The third-order valence-corrected chi connectivity index (χ3v) is 2.79. The van der Waals surface area contributed by atoms with Gasteiger partial charge >= 0.3 is 0 Å². The average molecular weight is 207 g/mol. The lowest BCUT2D eigenvalue weighted by atomic mass is 9.84. The molecule has 0 radical (unpaired) electrons. The van der Waals surface area contributed by atoms with Crippen molar-refractivity contribution in [1.82, 2.24) is 0 Å². The van der Waals surface area contributed by atoms with Gasteiger partial charge in [-0.25, -0.2) is 0 Å². The first-order valence-corrected chi connectivity index (χ1v) is 5.46. The van der Waals surface area contributed by atoms with Crippen LogP contribution in [-0.4, -0.2) is 12.1 Å². The van der Waals surface area contributed by atoms with E-state index in [0.29, 0.717) is 12.5 Å². The summed E-state index contributed by atoms with van der Waals surface area (Å²) in [5, 5.41) is 0. The summed E-state index contributed by atoms with van der Waals surface area (Å²) < 4.78 is 5.47. The quantitative estimate of drug-likeness (QED) is 0.824. The summed E-state index contributed by atoms with van der Waals surface area (Å²) >= 11 is 0. The Morgan fingerprint density at radius 1 is 1.40 bits per heavy atom. The van der Waals surface area contributed by atoms with Gasteiger partial charge in [0, 0.05) is 5.54 Å². The molecule has 0 aliphatic rings. The van der Waals surface area contributed by atoms with Crippen LogP contribution in [-0.2, 0) is 0 Å². The van der Waals surface area contributed by atoms with Crippen molar-refractivity contribution in [3.05, 3.63) is 29.8 Å². The van der Waals surface area contributed by atoms with Gasteiger partial charge < -0.3 is 10.5 Å². The lowest BCUT2D eigenvalue weighted by Crippen LogP contribution is -2.37. The Balaban J connectivity index is 2.90. The van der Waals surface area contributed by atoms with Gasteiger partial charge in [-0.15, -0.1) is 0 Å². The summed E-state index contributed by atoms with van der Waals surface area (Å²) in [6.07, 6.45) is 0. The second kappa shape index (κ2) is 4.67. The van der Waals surface area contributed by atoms with Gasteiger partial charge in [-0.05, 0) is 44.4 Å². The van der Waals surface area contributed by atoms with Crippen molar-refractivity contribution >= 4 is 0 Å². The molecule has 0 amide bonds. The minimum Gasteiger partial charge on any atom is -0.494 e. The second-order valence-corrected chi connectivity index (χ2v) is 4.55. The molecule has 2 nitrogen and oxygen atoms in total. The van der Waals surface area contributed by atoms with Crippen molar-refractivity contribution in [3.8, 4) is 5.75 Å². The zero-order chi connectivity index (χ0) is 11.5. The van der Waals surface area contributed by atoms with Gasteiger partial charge in [0.1, 0.15) is 5.75 Å². The molecule has 0 saturated heterocycles. The Morgan fingerprint density at radius 3 is 2.60 bits per heavy atom. The van der Waals surface area contributed by atoms with Crippen LogP contribution < -0.4 is 10.5 Å². The minimum atomic E-state index is -0.204. The van der Waals surface area contributed by atoms with E-state index >= 15 is 0 Å². The monoisotopic (exact) mass is 207 g/mol. The molecule has 0 fully saturated rings. The highest BCUT2D eigenvalue weighted by atomic mass is 16.5. The molecule has 2 N–H and O–H groups in total. The molecule has 1 atom stereocenters. The summed E-state index contributed by atoms with van der Waals surface area (Å²) in [5.41, 5.74) is 7.12. The first kappa shape index (κ1) is 12.1. The summed E-state index contributed by atoms with van der Waals surface area (Å²) in [7, 11) is 0. The van der Waals surface area contributed by atoms with Crippen LogP contribution in [0.25, 0.3) is 0 Å². The van der Waals surface area contributed by atoms with Crippen molar-refractivity contribution in [2.24, 2.45) is 5.73 Å². The molecule has 0 heterocycles. The lowest BCUT2D eigenvalue weighted by Gasteiger charge is -2.27. The molecule has 0 spiro atoms. The highest BCUT2D eigenvalue weighted by Crippen LogP contribution is 2.27. The number of rotatable bonds is 4. The zero-order valence-corrected chi connectivity index (χ0v) is 10.1. The highest BCUT2D eigenvalue weighted by molar-refractivity contribution is 5.32. The predicted molar refractivity (Wildman–Crippen MR) is 64.3 cm³/mol. The van der Waals surface area contributed by atoms with Crippen LogP contribution >= 0.6 is 0 Å². The fourth-order valence-electron chi connectivity index (χ4n) is 1.47. The van der Waals surface area contributed by atoms with Crippen LogP contribution in [0.4, 0.5) is 0 Å². The molecule has 84 valence electrons. The molecular weight excluding hydrogens is 186 g/mol. The van der Waals surface area contributed by atoms with E-state index in [1.54, 1.807) is 0 Å². The third kappa shape index (κ3) is 3.24. The first-order valence-electron chi connectivity index (χ1n) is 5.46. The molecular formula is C13H21NO. The maximum Gasteiger partial charge on any atom is 0.119 e. The van der Waals surface area contributed by atoms with Crippen LogP contribution in [0.5, 0.6) is 5.75 Å². The third-order valence-electron chi connectivity index (χ3n) is 2.79. The molecule has 0 aromatic heterocycles. The highest BCUT2D eigenvalue weighted by Gasteiger charge is 2.22. The summed E-state index contributed by atoms with van der Waals surface area (Å²) in [6, 6.07) is 8.16. The predicted octanol–water partition coefficient (Wildman–Crippen LogP) is 2.93. The van der Waals surface area contributed by atoms with E-state index in [-0.39, 0.29) is 5.54 Å². The summed E-state index contributed by atoms with van der Waals surface area (Å²) in [5.74, 6) is 1.24. The maximum atomic E-state index is 6.09. The van der Waals surface area contributed by atoms with Gasteiger partial charge in [-0.2, -0.15) is 0 Å².